The fraction of sp³-hybridized carbons (Fsp3) is 0.800. The summed E-state index contributed by atoms with van der Waals surface area (Å²) in [6.45, 7) is 4.25. The van der Waals surface area contributed by atoms with Crippen LogP contribution in [-0.4, -0.2) is 34.9 Å². The first-order valence-electron chi connectivity index (χ1n) is 26.0. The summed E-state index contributed by atoms with van der Waals surface area (Å²) in [5.74, 6) is -0.0930. The number of carbonyl (C=O) groups excluding carboxylic acids is 1. The SMILES string of the molecule is CCCC/C=C\C/C=C\CCCCCCCC(=O)NC(CO)C(O)/C=C/CC/C=C/CC/C=C/CCCCCCCCCCCCCCCCCCCCCCCCC. The summed E-state index contributed by atoms with van der Waals surface area (Å²) in [5, 5.41) is 23.0. The third-order valence-electron chi connectivity index (χ3n) is 11.7. The molecule has 0 spiro atoms. The lowest BCUT2D eigenvalue weighted by molar-refractivity contribution is -0.123. The fourth-order valence-corrected chi connectivity index (χ4v) is 7.70. The van der Waals surface area contributed by atoms with Crippen molar-refractivity contribution in [1.82, 2.24) is 5.32 Å². The van der Waals surface area contributed by atoms with Gasteiger partial charge in [0.15, 0.2) is 0 Å². The Balaban J connectivity index is 3.54. The molecule has 0 radical (unpaired) electrons. The molecule has 0 aliphatic heterocycles. The molecular weight excluding hydrogens is 723 g/mol. The molecule has 4 heteroatoms. The summed E-state index contributed by atoms with van der Waals surface area (Å²) in [5.41, 5.74) is 0. The van der Waals surface area contributed by atoms with Gasteiger partial charge in [0, 0.05) is 6.42 Å². The van der Waals surface area contributed by atoms with Gasteiger partial charge in [-0.1, -0.05) is 248 Å². The normalized spacial score (nSPS) is 13.4. The molecule has 0 aliphatic carbocycles. The number of hydrogen-bond donors (Lipinski definition) is 3. The number of aliphatic hydroxyl groups is 2. The van der Waals surface area contributed by atoms with Crippen molar-refractivity contribution < 1.29 is 15.0 Å². The lowest BCUT2D eigenvalue weighted by atomic mass is 10.0. The first-order valence-corrected chi connectivity index (χ1v) is 26.0. The number of carbonyl (C=O) groups is 1. The van der Waals surface area contributed by atoms with E-state index < -0.39 is 12.1 Å². The Labute approximate surface area is 368 Å². The topological polar surface area (TPSA) is 69.6 Å². The van der Waals surface area contributed by atoms with Crippen LogP contribution in [0.5, 0.6) is 0 Å². The van der Waals surface area contributed by atoms with Gasteiger partial charge in [0.05, 0.1) is 18.8 Å². The van der Waals surface area contributed by atoms with E-state index >= 15 is 0 Å². The monoisotopic (exact) mass is 824 g/mol. The molecule has 0 aromatic heterocycles. The molecule has 2 atom stereocenters. The summed E-state index contributed by atoms with van der Waals surface area (Å²) in [7, 11) is 0. The van der Waals surface area contributed by atoms with E-state index in [2.05, 4.69) is 67.8 Å². The number of aliphatic hydroxyl groups excluding tert-OH is 2. The molecule has 0 bridgehead atoms. The minimum Gasteiger partial charge on any atom is -0.394 e. The van der Waals surface area contributed by atoms with Crippen LogP contribution in [0.25, 0.3) is 0 Å². The number of unbranched alkanes of at least 4 members (excludes halogenated alkanes) is 32. The Morgan fingerprint density at radius 2 is 0.729 bits per heavy atom. The molecule has 3 N–H and O–H groups in total. The van der Waals surface area contributed by atoms with Crippen LogP contribution in [0, 0.1) is 0 Å². The Morgan fingerprint density at radius 1 is 0.407 bits per heavy atom. The molecule has 59 heavy (non-hydrogen) atoms. The van der Waals surface area contributed by atoms with Crippen molar-refractivity contribution in [1.29, 1.82) is 0 Å². The summed E-state index contributed by atoms with van der Waals surface area (Å²) in [4.78, 5) is 12.4. The van der Waals surface area contributed by atoms with Crippen LogP contribution in [0.3, 0.4) is 0 Å². The van der Waals surface area contributed by atoms with Crippen LogP contribution in [0.15, 0.2) is 60.8 Å². The van der Waals surface area contributed by atoms with Gasteiger partial charge in [-0.15, -0.1) is 0 Å². The second-order valence-corrected chi connectivity index (χ2v) is 17.6. The molecule has 2 unspecified atom stereocenters. The maximum absolute atomic E-state index is 12.4. The van der Waals surface area contributed by atoms with E-state index in [9.17, 15) is 15.0 Å². The number of amides is 1. The molecule has 4 nitrogen and oxygen atoms in total. The highest BCUT2D eigenvalue weighted by molar-refractivity contribution is 5.76. The van der Waals surface area contributed by atoms with E-state index in [1.165, 1.54) is 186 Å². The predicted octanol–water partition coefficient (Wildman–Crippen LogP) is 16.9. The van der Waals surface area contributed by atoms with Crippen LogP contribution in [-0.2, 0) is 4.79 Å². The van der Waals surface area contributed by atoms with Crippen molar-refractivity contribution in [2.24, 2.45) is 0 Å². The van der Waals surface area contributed by atoms with Gasteiger partial charge in [-0.25, -0.2) is 0 Å². The molecule has 1 amide bonds. The van der Waals surface area contributed by atoms with Crippen molar-refractivity contribution in [3.63, 3.8) is 0 Å². The molecular formula is C55H101NO3. The van der Waals surface area contributed by atoms with Gasteiger partial charge in [-0.05, 0) is 70.6 Å². The number of hydrogen-bond acceptors (Lipinski definition) is 3. The molecule has 0 aliphatic rings. The first kappa shape index (κ1) is 57.1. The molecule has 0 aromatic carbocycles. The van der Waals surface area contributed by atoms with E-state index in [0.717, 1.165) is 57.8 Å². The van der Waals surface area contributed by atoms with Crippen molar-refractivity contribution in [2.75, 3.05) is 6.61 Å². The van der Waals surface area contributed by atoms with Crippen LogP contribution in [0.4, 0.5) is 0 Å². The Morgan fingerprint density at radius 3 is 1.14 bits per heavy atom. The summed E-state index contributed by atoms with van der Waals surface area (Å²) < 4.78 is 0. The summed E-state index contributed by atoms with van der Waals surface area (Å²) in [6, 6.07) is -0.655. The van der Waals surface area contributed by atoms with Crippen LogP contribution in [0.1, 0.15) is 264 Å². The highest BCUT2D eigenvalue weighted by Gasteiger charge is 2.17. The zero-order chi connectivity index (χ0) is 42.8. The highest BCUT2D eigenvalue weighted by atomic mass is 16.3. The van der Waals surface area contributed by atoms with E-state index in [-0.39, 0.29) is 12.5 Å². The maximum Gasteiger partial charge on any atom is 0.220 e. The van der Waals surface area contributed by atoms with Crippen molar-refractivity contribution >= 4 is 5.91 Å². The summed E-state index contributed by atoms with van der Waals surface area (Å²) >= 11 is 0. The van der Waals surface area contributed by atoms with Crippen LogP contribution in [0.2, 0.25) is 0 Å². The van der Waals surface area contributed by atoms with Gasteiger partial charge in [0.1, 0.15) is 0 Å². The van der Waals surface area contributed by atoms with Gasteiger partial charge in [-0.3, -0.25) is 4.79 Å². The molecule has 0 saturated heterocycles. The Hall–Kier alpha value is -1.91. The van der Waals surface area contributed by atoms with E-state index in [4.69, 9.17) is 0 Å². The zero-order valence-corrected chi connectivity index (χ0v) is 39.5. The largest absolute Gasteiger partial charge is 0.394 e. The first-order chi connectivity index (χ1) is 29.2. The van der Waals surface area contributed by atoms with Crippen LogP contribution >= 0.6 is 0 Å². The number of rotatable bonds is 47. The van der Waals surface area contributed by atoms with E-state index in [1.807, 2.05) is 6.08 Å². The standard InChI is InChI=1S/C55H101NO3/c1-3-5-7-9-11-13-15-17-19-20-21-22-23-24-25-26-27-28-29-30-31-32-33-34-35-36-37-38-40-42-44-46-48-50-54(58)53(52-57)56-55(59)51-49-47-45-43-41-39-18-16-14-12-10-8-6-4-2/h10,12,16,18,35-36,40,42,48,50,53-54,57-58H,3-9,11,13-15,17,19-34,37-39,41,43-47,49,51-52H2,1-2H3,(H,56,59)/b12-10-,18-16-,36-35+,42-40+,50-48+. The third kappa shape index (κ3) is 47.0. The third-order valence-corrected chi connectivity index (χ3v) is 11.7. The number of allylic oxidation sites excluding steroid dienone is 9. The molecule has 0 fully saturated rings. The minimum atomic E-state index is -0.878. The molecule has 0 heterocycles. The van der Waals surface area contributed by atoms with Crippen LogP contribution < -0.4 is 5.32 Å². The quantitative estimate of drug-likeness (QED) is 0.0423. The molecule has 344 valence electrons. The fourth-order valence-electron chi connectivity index (χ4n) is 7.70. The van der Waals surface area contributed by atoms with Gasteiger partial charge in [-0.2, -0.15) is 0 Å². The Bertz CT molecular complexity index is 981. The van der Waals surface area contributed by atoms with Gasteiger partial charge >= 0.3 is 0 Å². The smallest absolute Gasteiger partial charge is 0.220 e. The van der Waals surface area contributed by atoms with E-state index in [1.54, 1.807) is 6.08 Å². The maximum atomic E-state index is 12.4. The zero-order valence-electron chi connectivity index (χ0n) is 39.5. The lowest BCUT2D eigenvalue weighted by Gasteiger charge is -2.19. The summed E-state index contributed by atoms with van der Waals surface area (Å²) in [6.07, 6.45) is 70.9. The predicted molar refractivity (Wildman–Crippen MR) is 262 cm³/mol. The highest BCUT2D eigenvalue weighted by Crippen LogP contribution is 2.16. The minimum absolute atomic E-state index is 0.0930. The Kier molecular flexibility index (Phi) is 48.8. The van der Waals surface area contributed by atoms with Crippen molar-refractivity contribution in [3.8, 4) is 0 Å². The second-order valence-electron chi connectivity index (χ2n) is 17.6. The van der Waals surface area contributed by atoms with Gasteiger partial charge in [0.2, 0.25) is 5.91 Å². The van der Waals surface area contributed by atoms with Gasteiger partial charge in [0.25, 0.3) is 0 Å². The molecule has 0 aromatic rings. The van der Waals surface area contributed by atoms with Crippen molar-refractivity contribution in [3.05, 3.63) is 60.8 Å². The van der Waals surface area contributed by atoms with E-state index in [0.29, 0.717) is 6.42 Å². The van der Waals surface area contributed by atoms with Crippen molar-refractivity contribution in [2.45, 2.75) is 276 Å². The molecule has 0 rings (SSSR count). The number of nitrogens with one attached hydrogen (secondary N) is 1. The van der Waals surface area contributed by atoms with Gasteiger partial charge < -0.3 is 15.5 Å². The lowest BCUT2D eigenvalue weighted by Crippen LogP contribution is -2.45. The molecule has 0 saturated carbocycles. The average molecular weight is 824 g/mol. The average Bonchev–Trinajstić information content (AvgIpc) is 3.24. The second kappa shape index (κ2) is 50.4.